The number of nitrogens with zero attached hydrogens (tertiary/aromatic N) is 13. The van der Waals surface area contributed by atoms with E-state index in [2.05, 4.69) is 176 Å². The Morgan fingerprint density at radius 2 is 0.509 bits per heavy atom. The van der Waals surface area contributed by atoms with E-state index in [9.17, 15) is 0 Å². The number of para-hydroxylation sites is 1. The van der Waals surface area contributed by atoms with Gasteiger partial charge in [-0.3, -0.25) is 19.9 Å². The topological polar surface area (TPSA) is 168 Å². The normalized spacial score (nSPS) is 11.6. The van der Waals surface area contributed by atoms with Gasteiger partial charge in [0.05, 0.1) is 55.7 Å². The molecule has 0 aliphatic carbocycles. The molecule has 0 spiro atoms. The second kappa shape index (κ2) is 27.4. The molecular formula is C99H59N13. The average molecular weight is 1430 g/mol. The van der Waals surface area contributed by atoms with E-state index in [1.165, 1.54) is 0 Å². The number of aromatic nitrogens is 13. The van der Waals surface area contributed by atoms with Crippen molar-refractivity contribution >= 4 is 76.3 Å². The van der Waals surface area contributed by atoms with Gasteiger partial charge in [-0.05, 0) is 154 Å². The third-order valence-corrected chi connectivity index (χ3v) is 20.8. The highest BCUT2D eigenvalue weighted by molar-refractivity contribution is 6.18. The standard InChI is InChI=1S/C99H59N13/c1-5-19-64(20-6-1)94-107-95(65-21-7-2-8-22-65)110-98(109-94)77-53-73(60-34-36-61(37-35-60)79-50-69-27-13-14-33-84(69)103-59-79)51-75(55-77)86-44-41-80-82(57-71-31-17-47-101-89(71)92(80)105-86)83-58-72-32-18-48-102-90(72)93-81(83)42-45-87(106-93)76-52-74(68-28-15-29-70(49-68)85-43-40-63-39-38-62-30-16-46-100-88(62)91(63)104-85)54-78(56-76)99-111-96(66-23-9-3-10-24-66)108-97(112-99)67-25-11-4-12-26-67/h1-59H. The first-order valence-electron chi connectivity index (χ1n) is 37.1. The van der Waals surface area contributed by atoms with Crippen molar-refractivity contribution in [3.05, 3.63) is 358 Å². The first kappa shape index (κ1) is 64.9. The van der Waals surface area contributed by atoms with Gasteiger partial charge in [-0.25, -0.2) is 44.9 Å². The molecule has 520 valence electrons. The number of pyridine rings is 7. The summed E-state index contributed by atoms with van der Waals surface area (Å²) in [6, 6.07) is 115. The Bertz CT molecular complexity index is 7200. The molecule has 13 nitrogen and oxygen atoms in total. The van der Waals surface area contributed by atoms with Crippen LogP contribution in [0.2, 0.25) is 0 Å². The summed E-state index contributed by atoms with van der Waals surface area (Å²) in [4.78, 5) is 67.8. The molecule has 0 fully saturated rings. The summed E-state index contributed by atoms with van der Waals surface area (Å²) in [5, 5.41) is 6.84. The lowest BCUT2D eigenvalue weighted by Crippen LogP contribution is -2.01. The largest absolute Gasteiger partial charge is 0.256 e. The van der Waals surface area contributed by atoms with E-state index < -0.39 is 0 Å². The maximum absolute atomic E-state index is 5.74. The fraction of sp³-hybridized carbons (Fsp3) is 0. The second-order valence-electron chi connectivity index (χ2n) is 27.8. The Morgan fingerprint density at radius 3 is 1.02 bits per heavy atom. The summed E-state index contributed by atoms with van der Waals surface area (Å²) < 4.78 is 0. The summed E-state index contributed by atoms with van der Waals surface area (Å²) >= 11 is 0. The molecular weight excluding hydrogens is 1370 g/mol. The Hall–Kier alpha value is -15.5. The average Bonchev–Trinajstić information content (AvgIpc) is 0.732. The molecule has 0 amide bonds. The van der Waals surface area contributed by atoms with Crippen LogP contribution in [0.15, 0.2) is 358 Å². The Labute approximate surface area is 642 Å². The van der Waals surface area contributed by atoms with Gasteiger partial charge in [0.15, 0.2) is 34.9 Å². The van der Waals surface area contributed by atoms with Gasteiger partial charge in [0.1, 0.15) is 0 Å². The van der Waals surface area contributed by atoms with Crippen molar-refractivity contribution < 1.29 is 0 Å². The zero-order valence-electron chi connectivity index (χ0n) is 59.9. The number of fused-ring (bicyclic) bond motifs is 10. The van der Waals surface area contributed by atoms with Crippen molar-refractivity contribution in [3.63, 3.8) is 0 Å². The summed E-state index contributed by atoms with van der Waals surface area (Å²) in [6.45, 7) is 0. The van der Waals surface area contributed by atoms with Gasteiger partial charge >= 0.3 is 0 Å². The monoisotopic (exact) mass is 1430 g/mol. The number of benzene rings is 12. The van der Waals surface area contributed by atoms with Crippen LogP contribution >= 0.6 is 0 Å². The molecule has 0 atom stereocenters. The molecule has 21 aromatic rings. The molecule has 0 saturated carbocycles. The molecule has 0 aliphatic rings. The van der Waals surface area contributed by atoms with E-state index in [1.54, 1.807) is 0 Å². The van der Waals surface area contributed by atoms with Gasteiger partial charge < -0.3 is 0 Å². The van der Waals surface area contributed by atoms with Gasteiger partial charge in [0, 0.05) is 118 Å². The summed E-state index contributed by atoms with van der Waals surface area (Å²) in [6.07, 6.45) is 7.45. The highest BCUT2D eigenvalue weighted by atomic mass is 15.0. The number of hydrogen-bond donors (Lipinski definition) is 0. The predicted octanol–water partition coefficient (Wildman–Crippen LogP) is 23.6. The summed E-state index contributed by atoms with van der Waals surface area (Å²) in [5.74, 6) is 3.29. The second-order valence-corrected chi connectivity index (χ2v) is 27.8. The Kier molecular flexibility index (Phi) is 15.9. The van der Waals surface area contributed by atoms with Crippen molar-refractivity contribution in [1.82, 2.24) is 64.8 Å². The molecule has 0 unspecified atom stereocenters. The first-order chi connectivity index (χ1) is 55.4. The number of hydrogen-bond acceptors (Lipinski definition) is 13. The zero-order valence-corrected chi connectivity index (χ0v) is 59.9. The molecule has 13 heteroatoms. The van der Waals surface area contributed by atoms with Crippen molar-refractivity contribution in [2.24, 2.45) is 0 Å². The highest BCUT2D eigenvalue weighted by Gasteiger charge is 2.23. The van der Waals surface area contributed by atoms with Gasteiger partial charge in [-0.15, -0.1) is 0 Å². The highest BCUT2D eigenvalue weighted by Crippen LogP contribution is 2.44. The van der Waals surface area contributed by atoms with Gasteiger partial charge in [-0.1, -0.05) is 218 Å². The van der Waals surface area contributed by atoms with E-state index in [-0.39, 0.29) is 0 Å². The predicted molar refractivity (Wildman–Crippen MR) is 451 cm³/mol. The van der Waals surface area contributed by atoms with Crippen LogP contribution in [0.25, 0.3) is 223 Å². The maximum Gasteiger partial charge on any atom is 0.164 e. The lowest BCUT2D eigenvalue weighted by atomic mass is 9.92. The SMILES string of the molecule is c1ccc(-c2nc(-c3ccccc3)nc(-c3cc(-c4ccc(-c5cnc6ccccc6c5)cc4)cc(-c4ccc5c(-c6cc7cccnc7c7nc(-c8cc(-c9cccc(-c%10ccc%11ccc%12cccnc%12c%11n%10)c9)cc(-c9nc(-c%10ccccc%10)nc(-c%10ccccc%10)n9)c8)ccc67)cc6cccnc6c5n4)c3)n2)cc1. The molecule has 112 heavy (non-hydrogen) atoms. The van der Waals surface area contributed by atoms with Crippen LogP contribution in [0.5, 0.6) is 0 Å². The molecule has 0 bridgehead atoms. The molecule has 12 aromatic carbocycles. The molecule has 0 N–H and O–H groups in total. The van der Waals surface area contributed by atoms with Crippen molar-refractivity contribution in [2.75, 3.05) is 0 Å². The third kappa shape index (κ3) is 12.1. The fourth-order valence-electron chi connectivity index (χ4n) is 15.3. The quantitative estimate of drug-likeness (QED) is 0.100. The summed E-state index contributed by atoms with van der Waals surface area (Å²) in [5.41, 5.74) is 23.6. The molecule has 0 aliphatic heterocycles. The van der Waals surface area contributed by atoms with E-state index in [0.717, 1.165) is 188 Å². The van der Waals surface area contributed by atoms with Crippen LogP contribution in [0.3, 0.4) is 0 Å². The molecule has 0 radical (unpaired) electrons. The van der Waals surface area contributed by atoms with Gasteiger partial charge in [0.25, 0.3) is 0 Å². The minimum Gasteiger partial charge on any atom is -0.256 e. The summed E-state index contributed by atoms with van der Waals surface area (Å²) in [7, 11) is 0. The third-order valence-electron chi connectivity index (χ3n) is 20.8. The fourth-order valence-corrected chi connectivity index (χ4v) is 15.3. The Balaban J connectivity index is 0.724. The van der Waals surface area contributed by atoms with E-state index in [1.807, 2.05) is 183 Å². The van der Waals surface area contributed by atoms with Crippen LogP contribution in [-0.4, -0.2) is 64.8 Å². The number of rotatable bonds is 13. The van der Waals surface area contributed by atoms with Gasteiger partial charge in [-0.2, -0.15) is 0 Å². The van der Waals surface area contributed by atoms with E-state index in [0.29, 0.717) is 34.9 Å². The van der Waals surface area contributed by atoms with Crippen molar-refractivity contribution in [2.45, 2.75) is 0 Å². The molecule has 21 rings (SSSR count). The molecule has 0 saturated heterocycles. The lowest BCUT2D eigenvalue weighted by Gasteiger charge is -2.16. The van der Waals surface area contributed by atoms with Crippen molar-refractivity contribution in [1.29, 1.82) is 0 Å². The van der Waals surface area contributed by atoms with Crippen LogP contribution in [-0.2, 0) is 0 Å². The van der Waals surface area contributed by atoms with Gasteiger partial charge in [0.2, 0.25) is 0 Å². The van der Waals surface area contributed by atoms with Crippen molar-refractivity contribution in [3.8, 4) is 147 Å². The lowest BCUT2D eigenvalue weighted by molar-refractivity contribution is 1.07. The molecule has 9 heterocycles. The maximum atomic E-state index is 5.74. The van der Waals surface area contributed by atoms with Crippen LogP contribution < -0.4 is 0 Å². The minimum absolute atomic E-state index is 0.513. The van der Waals surface area contributed by atoms with Crippen LogP contribution in [0.1, 0.15) is 0 Å². The molecule has 9 aromatic heterocycles. The smallest absolute Gasteiger partial charge is 0.164 e. The first-order valence-corrected chi connectivity index (χ1v) is 37.1. The Morgan fingerprint density at radius 1 is 0.161 bits per heavy atom. The van der Waals surface area contributed by atoms with E-state index in [4.69, 9.17) is 64.8 Å². The van der Waals surface area contributed by atoms with E-state index >= 15 is 0 Å². The zero-order chi connectivity index (χ0) is 74.0. The minimum atomic E-state index is 0.513. The van der Waals surface area contributed by atoms with Crippen LogP contribution in [0.4, 0.5) is 0 Å². The van der Waals surface area contributed by atoms with Crippen LogP contribution in [0, 0.1) is 0 Å².